The first kappa shape index (κ1) is 22.9. The van der Waals surface area contributed by atoms with E-state index in [4.69, 9.17) is 4.74 Å². The first-order valence-corrected chi connectivity index (χ1v) is 10.9. The number of aromatic nitrogens is 2. The number of rotatable bonds is 8. The third kappa shape index (κ3) is 5.95. The van der Waals surface area contributed by atoms with Crippen molar-refractivity contribution in [3.8, 4) is 6.07 Å². The van der Waals surface area contributed by atoms with Gasteiger partial charge in [-0.2, -0.15) is 10.2 Å². The summed E-state index contributed by atoms with van der Waals surface area (Å²) >= 11 is 0. The summed E-state index contributed by atoms with van der Waals surface area (Å²) in [5.41, 5.74) is 3.38. The summed E-state index contributed by atoms with van der Waals surface area (Å²) in [6.07, 6.45) is 2.67. The molecule has 1 aliphatic heterocycles. The van der Waals surface area contributed by atoms with E-state index < -0.39 is 0 Å². The molecule has 0 bridgehead atoms. The summed E-state index contributed by atoms with van der Waals surface area (Å²) in [5.74, 6) is 0.345. The Kier molecular flexibility index (Phi) is 7.45. The van der Waals surface area contributed by atoms with Gasteiger partial charge in [-0.25, -0.2) is 4.98 Å². The van der Waals surface area contributed by atoms with Crippen molar-refractivity contribution in [2.45, 2.75) is 6.54 Å². The zero-order valence-corrected chi connectivity index (χ0v) is 18.6. The number of benzene rings is 2. The van der Waals surface area contributed by atoms with Crippen LogP contribution in [0.15, 0.2) is 67.4 Å². The molecule has 3 aromatic rings. The van der Waals surface area contributed by atoms with Gasteiger partial charge in [-0.05, 0) is 35.9 Å². The van der Waals surface area contributed by atoms with Crippen LogP contribution in [0, 0.1) is 11.3 Å². The predicted octanol–water partition coefficient (Wildman–Crippen LogP) is 3.79. The minimum absolute atomic E-state index is 0.285. The molecule has 0 atom stereocenters. The maximum absolute atomic E-state index is 12.1. The van der Waals surface area contributed by atoms with Gasteiger partial charge in [-0.1, -0.05) is 30.8 Å². The smallest absolute Gasteiger partial charge is 0.247 e. The number of ether oxygens (including phenoxy) is 1. The van der Waals surface area contributed by atoms with Crippen LogP contribution in [0.1, 0.15) is 11.1 Å². The number of nitrogens with one attached hydrogen (secondary N) is 3. The number of nitriles is 1. The van der Waals surface area contributed by atoms with Gasteiger partial charge in [0.05, 0.1) is 30.8 Å². The molecule has 3 N–H and O–H groups in total. The van der Waals surface area contributed by atoms with Crippen LogP contribution in [0.4, 0.5) is 28.8 Å². The Bertz CT molecular complexity index is 1200. The molecule has 1 fully saturated rings. The van der Waals surface area contributed by atoms with E-state index in [0.717, 1.165) is 44.1 Å². The van der Waals surface area contributed by atoms with Crippen molar-refractivity contribution >= 4 is 34.7 Å². The summed E-state index contributed by atoms with van der Waals surface area (Å²) in [4.78, 5) is 23.1. The molecule has 9 nitrogen and oxygen atoms in total. The maximum Gasteiger partial charge on any atom is 0.247 e. The number of hydrogen-bond donors (Lipinski definition) is 3. The lowest BCUT2D eigenvalue weighted by molar-refractivity contribution is -0.111. The highest BCUT2D eigenvalue weighted by molar-refractivity contribution is 6.01. The number of morpholine rings is 1. The van der Waals surface area contributed by atoms with Crippen LogP contribution in [0.3, 0.4) is 0 Å². The first-order chi connectivity index (χ1) is 16.6. The number of carbonyl (C=O) groups is 1. The quantitative estimate of drug-likeness (QED) is 0.440. The molecular weight excluding hydrogens is 430 g/mol. The second kappa shape index (κ2) is 11.0. The molecule has 0 saturated carbocycles. The van der Waals surface area contributed by atoms with Crippen molar-refractivity contribution in [1.29, 1.82) is 5.26 Å². The summed E-state index contributed by atoms with van der Waals surface area (Å²) in [6.45, 7) is 7.45. The lowest BCUT2D eigenvalue weighted by atomic mass is 10.1. The number of nitrogens with zero attached hydrogens (tertiary/aromatic N) is 4. The molecule has 0 spiro atoms. The van der Waals surface area contributed by atoms with Crippen molar-refractivity contribution < 1.29 is 9.53 Å². The standard InChI is InChI=1S/C25H25N7O2/c1-2-23(33)29-22-14-18(17-32-10-12-34-13-11-32)8-9-21(22)30-25-27-16-19(15-26)24(31-25)28-20-6-4-3-5-7-20/h2-9,14,16H,1,10-13,17H2,(H,29,33)(H2,27,28,30,31). The highest BCUT2D eigenvalue weighted by Crippen LogP contribution is 2.28. The van der Waals surface area contributed by atoms with Gasteiger partial charge in [0.25, 0.3) is 0 Å². The van der Waals surface area contributed by atoms with Crippen molar-refractivity contribution in [2.24, 2.45) is 0 Å². The normalized spacial score (nSPS) is 13.5. The minimum atomic E-state index is -0.321. The van der Waals surface area contributed by atoms with Gasteiger partial charge in [0.15, 0.2) is 5.82 Å². The Morgan fingerprint density at radius 2 is 1.94 bits per heavy atom. The summed E-state index contributed by atoms with van der Waals surface area (Å²) in [5, 5.41) is 18.6. The fourth-order valence-electron chi connectivity index (χ4n) is 3.50. The Morgan fingerprint density at radius 1 is 1.15 bits per heavy atom. The number of hydrogen-bond acceptors (Lipinski definition) is 8. The van der Waals surface area contributed by atoms with Crippen molar-refractivity contribution in [3.05, 3.63) is 78.5 Å². The fraction of sp³-hybridized carbons (Fsp3) is 0.200. The van der Waals surface area contributed by atoms with Crippen molar-refractivity contribution in [2.75, 3.05) is 42.3 Å². The molecule has 0 unspecified atom stereocenters. The van der Waals surface area contributed by atoms with Crippen LogP contribution in [0.2, 0.25) is 0 Å². The second-order valence-corrected chi connectivity index (χ2v) is 7.65. The molecule has 2 heterocycles. The molecular formula is C25H25N7O2. The highest BCUT2D eigenvalue weighted by Gasteiger charge is 2.14. The van der Waals surface area contributed by atoms with Crippen LogP contribution in [-0.2, 0) is 16.1 Å². The van der Waals surface area contributed by atoms with Gasteiger partial charge in [-0.15, -0.1) is 0 Å². The van der Waals surface area contributed by atoms with Crippen LogP contribution in [0.25, 0.3) is 0 Å². The van der Waals surface area contributed by atoms with Gasteiger partial charge in [-0.3, -0.25) is 9.69 Å². The number of amides is 1. The molecule has 1 aromatic heterocycles. The van der Waals surface area contributed by atoms with Crippen LogP contribution in [-0.4, -0.2) is 47.1 Å². The zero-order valence-electron chi connectivity index (χ0n) is 18.6. The number of para-hydroxylation sites is 1. The predicted molar refractivity (Wildman–Crippen MR) is 131 cm³/mol. The van der Waals surface area contributed by atoms with Gasteiger partial charge < -0.3 is 20.7 Å². The van der Waals surface area contributed by atoms with Crippen molar-refractivity contribution in [3.63, 3.8) is 0 Å². The van der Waals surface area contributed by atoms with E-state index in [0.29, 0.717) is 22.8 Å². The Balaban J connectivity index is 1.59. The highest BCUT2D eigenvalue weighted by atomic mass is 16.5. The maximum atomic E-state index is 12.1. The zero-order chi connectivity index (χ0) is 23.8. The Morgan fingerprint density at radius 3 is 2.68 bits per heavy atom. The van der Waals surface area contributed by atoms with Gasteiger partial charge >= 0.3 is 0 Å². The van der Waals surface area contributed by atoms with Crippen LogP contribution >= 0.6 is 0 Å². The Hall–Kier alpha value is -4.26. The topological polar surface area (TPSA) is 115 Å². The number of carbonyl (C=O) groups excluding carboxylic acids is 1. The van der Waals surface area contributed by atoms with E-state index >= 15 is 0 Å². The lowest BCUT2D eigenvalue weighted by Gasteiger charge is -2.27. The minimum Gasteiger partial charge on any atom is -0.379 e. The van der Waals surface area contributed by atoms with Crippen LogP contribution in [0.5, 0.6) is 0 Å². The molecule has 1 amide bonds. The number of anilines is 5. The summed E-state index contributed by atoms with van der Waals surface area (Å²) in [6, 6.07) is 17.3. The molecule has 34 heavy (non-hydrogen) atoms. The first-order valence-electron chi connectivity index (χ1n) is 10.9. The second-order valence-electron chi connectivity index (χ2n) is 7.65. The summed E-state index contributed by atoms with van der Waals surface area (Å²) < 4.78 is 5.42. The summed E-state index contributed by atoms with van der Waals surface area (Å²) in [7, 11) is 0. The Labute approximate surface area is 198 Å². The fourth-order valence-corrected chi connectivity index (χ4v) is 3.50. The molecule has 4 rings (SSSR count). The third-order valence-corrected chi connectivity index (χ3v) is 5.23. The monoisotopic (exact) mass is 455 g/mol. The van der Waals surface area contributed by atoms with E-state index in [9.17, 15) is 10.1 Å². The molecule has 9 heteroatoms. The molecule has 0 radical (unpaired) electrons. The van der Waals surface area contributed by atoms with E-state index in [1.165, 1.54) is 12.3 Å². The molecule has 1 aliphatic rings. The van der Waals surface area contributed by atoms with Gasteiger partial charge in [0.1, 0.15) is 11.6 Å². The van der Waals surface area contributed by atoms with E-state index in [2.05, 4.69) is 43.5 Å². The average Bonchev–Trinajstić information content (AvgIpc) is 2.87. The van der Waals surface area contributed by atoms with E-state index in [1.807, 2.05) is 48.5 Å². The average molecular weight is 456 g/mol. The molecule has 172 valence electrons. The van der Waals surface area contributed by atoms with Gasteiger partial charge in [0.2, 0.25) is 11.9 Å². The molecule has 0 aliphatic carbocycles. The van der Waals surface area contributed by atoms with E-state index in [-0.39, 0.29) is 11.9 Å². The van der Waals surface area contributed by atoms with Crippen LogP contribution < -0.4 is 16.0 Å². The SMILES string of the molecule is C=CC(=O)Nc1cc(CN2CCOCC2)ccc1Nc1ncc(C#N)c(Nc2ccccc2)n1. The van der Waals surface area contributed by atoms with E-state index in [1.54, 1.807) is 0 Å². The van der Waals surface area contributed by atoms with Gasteiger partial charge in [0, 0.05) is 25.3 Å². The third-order valence-electron chi connectivity index (χ3n) is 5.23. The van der Waals surface area contributed by atoms with Crippen molar-refractivity contribution in [1.82, 2.24) is 14.9 Å². The molecule has 1 saturated heterocycles. The lowest BCUT2D eigenvalue weighted by Crippen LogP contribution is -2.35. The molecule has 2 aromatic carbocycles. The largest absolute Gasteiger partial charge is 0.379 e.